The van der Waals surface area contributed by atoms with Crippen LogP contribution in [0.2, 0.25) is 5.02 Å². The van der Waals surface area contributed by atoms with Gasteiger partial charge in [-0.15, -0.1) is 0 Å². The number of nitrogens with zero attached hydrogens (tertiary/aromatic N) is 2. The molecule has 2 bridgehead atoms. The van der Waals surface area contributed by atoms with E-state index < -0.39 is 0 Å². The summed E-state index contributed by atoms with van der Waals surface area (Å²) in [6.45, 7) is 6.67. The number of benzene rings is 1. The Morgan fingerprint density at radius 2 is 2.24 bits per heavy atom. The fourth-order valence-electron chi connectivity index (χ4n) is 4.09. The van der Waals surface area contributed by atoms with Gasteiger partial charge in [-0.1, -0.05) is 32.4 Å². The van der Waals surface area contributed by atoms with Crippen molar-refractivity contribution >= 4 is 23.2 Å². The van der Waals surface area contributed by atoms with Crippen LogP contribution in [-0.4, -0.2) is 18.2 Å². The number of hydrogen-bond donors (Lipinski definition) is 1. The third-order valence-corrected chi connectivity index (χ3v) is 6.54. The van der Waals surface area contributed by atoms with E-state index in [1.54, 1.807) is 12.1 Å². The number of nitriles is 1. The van der Waals surface area contributed by atoms with Gasteiger partial charge in [0.2, 0.25) is 0 Å². The Kier molecular flexibility index (Phi) is 4.51. The zero-order valence-electron chi connectivity index (χ0n) is 14.7. The second kappa shape index (κ2) is 6.34. The molecule has 6 heteroatoms. The van der Waals surface area contributed by atoms with Crippen LogP contribution >= 0.6 is 11.6 Å². The highest BCUT2D eigenvalue weighted by atomic mass is 35.5. The quantitative estimate of drug-likeness (QED) is 0.828. The van der Waals surface area contributed by atoms with E-state index in [-0.39, 0.29) is 23.3 Å². The molecule has 3 rings (SSSR count). The standard InChI is InChI=1S/C19H22ClN3O2/c1-18(2)13-6-7-19(18,3)16(9-13)22-23-17(24)11-25-15-5-4-12(10-21)8-14(15)20/h4-5,8,13H,6-7,9,11H2,1-3H3,(H,23,24)/t13-,19+/m0/s1. The summed E-state index contributed by atoms with van der Waals surface area (Å²) >= 11 is 6.03. The molecular formula is C19H22ClN3O2. The molecule has 1 amide bonds. The van der Waals surface area contributed by atoms with Crippen molar-refractivity contribution in [1.82, 2.24) is 5.43 Å². The minimum Gasteiger partial charge on any atom is -0.482 e. The molecule has 0 aliphatic heterocycles. The van der Waals surface area contributed by atoms with Gasteiger partial charge in [-0.05, 0) is 48.8 Å². The average molecular weight is 360 g/mol. The number of hydrogen-bond acceptors (Lipinski definition) is 4. The van der Waals surface area contributed by atoms with Gasteiger partial charge in [0.25, 0.3) is 5.91 Å². The lowest BCUT2D eigenvalue weighted by Gasteiger charge is -2.34. The van der Waals surface area contributed by atoms with E-state index >= 15 is 0 Å². The maximum Gasteiger partial charge on any atom is 0.277 e. The molecule has 0 aromatic heterocycles. The molecule has 5 nitrogen and oxygen atoms in total. The zero-order valence-corrected chi connectivity index (χ0v) is 15.5. The molecule has 1 N–H and O–H groups in total. The second-order valence-corrected chi connectivity index (χ2v) is 8.04. The van der Waals surface area contributed by atoms with Gasteiger partial charge >= 0.3 is 0 Å². The van der Waals surface area contributed by atoms with Gasteiger partial charge in [0.05, 0.1) is 16.7 Å². The van der Waals surface area contributed by atoms with E-state index in [4.69, 9.17) is 21.6 Å². The van der Waals surface area contributed by atoms with Crippen LogP contribution < -0.4 is 10.2 Å². The molecule has 25 heavy (non-hydrogen) atoms. The minimum atomic E-state index is -0.322. The average Bonchev–Trinajstić information content (AvgIpc) is 2.91. The lowest BCUT2D eigenvalue weighted by molar-refractivity contribution is -0.123. The second-order valence-electron chi connectivity index (χ2n) is 7.63. The van der Waals surface area contributed by atoms with E-state index in [0.29, 0.717) is 22.3 Å². The highest BCUT2D eigenvalue weighted by Crippen LogP contribution is 2.63. The topological polar surface area (TPSA) is 74.5 Å². The predicted molar refractivity (Wildman–Crippen MR) is 96.5 cm³/mol. The maximum absolute atomic E-state index is 12.0. The SMILES string of the molecule is CC1(C)[C@H]2CC[C@]1(C)C(=NNC(=O)COc1ccc(C#N)cc1Cl)C2. The number of ether oxygens (including phenoxy) is 1. The molecule has 132 valence electrons. The Hall–Kier alpha value is -2.06. The van der Waals surface area contributed by atoms with E-state index in [1.165, 1.54) is 12.5 Å². The number of carbonyl (C=O) groups is 1. The molecule has 2 saturated carbocycles. The Bertz CT molecular complexity index is 781. The van der Waals surface area contributed by atoms with E-state index in [2.05, 4.69) is 31.3 Å². The zero-order chi connectivity index (χ0) is 18.2. The van der Waals surface area contributed by atoms with Crippen LogP contribution in [0.1, 0.15) is 45.6 Å². The lowest BCUT2D eigenvalue weighted by Crippen LogP contribution is -2.35. The van der Waals surface area contributed by atoms with Gasteiger partial charge in [-0.25, -0.2) is 5.43 Å². The largest absolute Gasteiger partial charge is 0.482 e. The minimum absolute atomic E-state index is 0.0578. The predicted octanol–water partition coefficient (Wildman–Crippen LogP) is 3.91. The van der Waals surface area contributed by atoms with Crippen molar-refractivity contribution in [2.45, 2.75) is 40.0 Å². The van der Waals surface area contributed by atoms with Crippen molar-refractivity contribution < 1.29 is 9.53 Å². The van der Waals surface area contributed by atoms with Gasteiger partial charge in [-0.2, -0.15) is 10.4 Å². The fraction of sp³-hybridized carbons (Fsp3) is 0.526. The van der Waals surface area contributed by atoms with Crippen LogP contribution in [0.25, 0.3) is 0 Å². The van der Waals surface area contributed by atoms with Crippen molar-refractivity contribution in [2.75, 3.05) is 6.61 Å². The van der Waals surface area contributed by atoms with E-state index in [0.717, 1.165) is 18.6 Å². The maximum atomic E-state index is 12.0. The first kappa shape index (κ1) is 17.8. The molecule has 0 saturated heterocycles. The summed E-state index contributed by atoms with van der Waals surface area (Å²) < 4.78 is 5.42. The van der Waals surface area contributed by atoms with Crippen molar-refractivity contribution in [3.8, 4) is 11.8 Å². The summed E-state index contributed by atoms with van der Waals surface area (Å²) in [6, 6.07) is 6.68. The molecule has 2 aliphatic carbocycles. The fourth-order valence-corrected chi connectivity index (χ4v) is 4.33. The summed E-state index contributed by atoms with van der Waals surface area (Å²) in [4.78, 5) is 12.0. The van der Waals surface area contributed by atoms with Gasteiger partial charge in [0.15, 0.2) is 6.61 Å². The Labute approximate surface area is 153 Å². The number of halogens is 1. The van der Waals surface area contributed by atoms with Crippen molar-refractivity contribution in [3.05, 3.63) is 28.8 Å². The van der Waals surface area contributed by atoms with Crippen molar-refractivity contribution in [3.63, 3.8) is 0 Å². The summed E-state index contributed by atoms with van der Waals surface area (Å²) in [6.07, 6.45) is 3.31. The summed E-state index contributed by atoms with van der Waals surface area (Å²) in [5.41, 5.74) is 4.42. The number of rotatable bonds is 4. The third kappa shape index (κ3) is 3.00. The lowest BCUT2D eigenvalue weighted by atomic mass is 9.70. The Morgan fingerprint density at radius 1 is 1.48 bits per heavy atom. The molecule has 2 aliphatic rings. The monoisotopic (exact) mass is 359 g/mol. The van der Waals surface area contributed by atoms with Gasteiger partial charge in [0, 0.05) is 11.1 Å². The van der Waals surface area contributed by atoms with Crippen LogP contribution in [0.5, 0.6) is 5.75 Å². The molecule has 2 fully saturated rings. The van der Waals surface area contributed by atoms with E-state index in [1.807, 2.05) is 6.07 Å². The van der Waals surface area contributed by atoms with Gasteiger partial charge in [0.1, 0.15) is 5.75 Å². The third-order valence-electron chi connectivity index (χ3n) is 6.25. The summed E-state index contributed by atoms with van der Waals surface area (Å²) in [5, 5.41) is 13.5. The first-order valence-electron chi connectivity index (χ1n) is 8.46. The molecule has 0 unspecified atom stereocenters. The van der Waals surface area contributed by atoms with Crippen molar-refractivity contribution in [2.24, 2.45) is 21.8 Å². The smallest absolute Gasteiger partial charge is 0.277 e. The van der Waals surface area contributed by atoms with Crippen LogP contribution in [0.3, 0.4) is 0 Å². The van der Waals surface area contributed by atoms with Gasteiger partial charge < -0.3 is 4.74 Å². The van der Waals surface area contributed by atoms with Crippen LogP contribution in [0.15, 0.2) is 23.3 Å². The van der Waals surface area contributed by atoms with Crippen molar-refractivity contribution in [1.29, 1.82) is 5.26 Å². The molecule has 0 spiro atoms. The summed E-state index contributed by atoms with van der Waals surface area (Å²) in [5.74, 6) is 0.690. The molecule has 2 atom stereocenters. The van der Waals surface area contributed by atoms with Crippen LogP contribution in [0, 0.1) is 28.1 Å². The highest BCUT2D eigenvalue weighted by Gasteiger charge is 2.59. The molecule has 1 aromatic rings. The first-order valence-corrected chi connectivity index (χ1v) is 8.84. The number of carbonyl (C=O) groups excluding carboxylic acids is 1. The van der Waals surface area contributed by atoms with Gasteiger partial charge in [-0.3, -0.25) is 4.79 Å². The Balaban J connectivity index is 1.59. The molecule has 0 radical (unpaired) electrons. The number of nitrogens with one attached hydrogen (secondary N) is 1. The number of amides is 1. The molecule has 1 aromatic carbocycles. The van der Waals surface area contributed by atoms with E-state index in [9.17, 15) is 4.79 Å². The van der Waals surface area contributed by atoms with Crippen LogP contribution in [0.4, 0.5) is 0 Å². The first-order chi connectivity index (χ1) is 11.8. The number of hydrazone groups is 1. The summed E-state index contributed by atoms with van der Waals surface area (Å²) in [7, 11) is 0. The molecule has 0 heterocycles. The van der Waals surface area contributed by atoms with Crippen LogP contribution in [-0.2, 0) is 4.79 Å². The number of fused-ring (bicyclic) bond motifs is 2. The molecular weight excluding hydrogens is 338 g/mol. The highest BCUT2D eigenvalue weighted by molar-refractivity contribution is 6.32. The normalized spacial score (nSPS) is 28.0. The Morgan fingerprint density at radius 3 is 2.80 bits per heavy atom.